The summed E-state index contributed by atoms with van der Waals surface area (Å²) in [6.45, 7) is 0. The molecule has 0 spiro atoms. The summed E-state index contributed by atoms with van der Waals surface area (Å²) >= 11 is 3.08. The summed E-state index contributed by atoms with van der Waals surface area (Å²) < 4.78 is 69.4. The van der Waals surface area contributed by atoms with Crippen LogP contribution >= 0.6 is 15.9 Å². The highest BCUT2D eigenvalue weighted by atomic mass is 79.9. The number of rotatable bonds is 5. The lowest BCUT2D eigenvalue weighted by Gasteiger charge is -2.15. The van der Waals surface area contributed by atoms with E-state index >= 15 is 0 Å². The highest BCUT2D eigenvalue weighted by molar-refractivity contribution is 9.10. The van der Waals surface area contributed by atoms with Crippen molar-refractivity contribution in [3.8, 4) is 5.75 Å². The van der Waals surface area contributed by atoms with Gasteiger partial charge in [-0.2, -0.15) is 13.2 Å². The summed E-state index contributed by atoms with van der Waals surface area (Å²) in [4.78, 5) is 0. The highest BCUT2D eigenvalue weighted by Gasteiger charge is 2.35. The summed E-state index contributed by atoms with van der Waals surface area (Å²) in [5.74, 6) is -0.271. The van der Waals surface area contributed by atoms with Crippen molar-refractivity contribution in [2.45, 2.75) is 6.18 Å². The average molecular weight is 450 g/mol. The van der Waals surface area contributed by atoms with E-state index in [1.807, 2.05) is 0 Å². The molecule has 0 atom stereocenters. The minimum absolute atomic E-state index is 0.257. The third-order valence-corrected chi connectivity index (χ3v) is 4.33. The zero-order chi connectivity index (χ0) is 19.5. The van der Waals surface area contributed by atoms with Gasteiger partial charge in [0.1, 0.15) is 5.75 Å². The van der Waals surface area contributed by atoms with Gasteiger partial charge in [0.15, 0.2) is 0 Å². The Labute approximate surface area is 157 Å². The number of hydrogen-bond acceptors (Lipinski definition) is 3. The predicted molar refractivity (Wildman–Crippen MR) is 99.5 cm³/mol. The van der Waals surface area contributed by atoms with E-state index in [2.05, 4.69) is 20.7 Å². The molecule has 0 fully saturated rings. The first-order valence-corrected chi connectivity index (χ1v) is 9.89. The predicted octanol–water partition coefficient (Wildman–Crippen LogP) is 5.02. The molecule has 0 bridgehead atoms. The molecule has 9 heteroatoms. The molecule has 0 aromatic heterocycles. The molecule has 140 valence electrons. The van der Waals surface area contributed by atoms with Gasteiger partial charge in [0.05, 0.1) is 18.9 Å². The van der Waals surface area contributed by atoms with E-state index in [4.69, 9.17) is 4.74 Å². The largest absolute Gasteiger partial charge is 0.495 e. The van der Waals surface area contributed by atoms with Crippen molar-refractivity contribution >= 4 is 43.8 Å². The number of methoxy groups -OCH3 is 1. The van der Waals surface area contributed by atoms with E-state index in [0.717, 1.165) is 12.3 Å². The monoisotopic (exact) mass is 449 g/mol. The standard InChI is InChI=1S/C17H15BrF3NO3S/c1-25-16-12(9-13(18)10-15(16)17(19,20)21)6-3-11-4-7-14(8-5-11)22-26(2,23)24/h3-10,22H,1-2H3. The summed E-state index contributed by atoms with van der Waals surface area (Å²) in [6, 6.07) is 8.87. The van der Waals surface area contributed by atoms with Gasteiger partial charge >= 0.3 is 6.18 Å². The van der Waals surface area contributed by atoms with Gasteiger partial charge in [-0.15, -0.1) is 0 Å². The average Bonchev–Trinajstić information content (AvgIpc) is 2.51. The van der Waals surface area contributed by atoms with Gasteiger partial charge in [0.25, 0.3) is 0 Å². The molecule has 2 rings (SSSR count). The minimum Gasteiger partial charge on any atom is -0.495 e. The fourth-order valence-corrected chi connectivity index (χ4v) is 3.28. The van der Waals surface area contributed by atoms with Crippen molar-refractivity contribution in [3.63, 3.8) is 0 Å². The Morgan fingerprint density at radius 3 is 2.23 bits per heavy atom. The van der Waals surface area contributed by atoms with Crippen molar-refractivity contribution in [1.29, 1.82) is 0 Å². The van der Waals surface area contributed by atoms with Gasteiger partial charge in [0, 0.05) is 15.7 Å². The van der Waals surface area contributed by atoms with Gasteiger partial charge in [-0.05, 0) is 29.8 Å². The van der Waals surface area contributed by atoms with Crippen molar-refractivity contribution < 1.29 is 26.3 Å². The Bertz CT molecular complexity index is 924. The van der Waals surface area contributed by atoms with E-state index in [-0.39, 0.29) is 15.8 Å². The van der Waals surface area contributed by atoms with Gasteiger partial charge < -0.3 is 4.74 Å². The lowest BCUT2D eigenvalue weighted by atomic mass is 10.1. The lowest BCUT2D eigenvalue weighted by Crippen LogP contribution is -2.09. The molecule has 0 aliphatic heterocycles. The van der Waals surface area contributed by atoms with E-state index in [0.29, 0.717) is 11.3 Å². The number of halogens is 4. The summed E-state index contributed by atoms with van der Waals surface area (Å²) in [5.41, 5.74) is 0.456. The summed E-state index contributed by atoms with van der Waals surface area (Å²) in [5, 5.41) is 0. The molecule has 0 aliphatic rings. The first-order valence-electron chi connectivity index (χ1n) is 7.20. The topological polar surface area (TPSA) is 55.4 Å². The van der Waals surface area contributed by atoms with Crippen molar-refractivity contribution in [2.75, 3.05) is 18.1 Å². The fourth-order valence-electron chi connectivity index (χ4n) is 2.24. The molecule has 2 aromatic carbocycles. The Morgan fingerprint density at radius 1 is 1.12 bits per heavy atom. The molecule has 4 nitrogen and oxygen atoms in total. The molecule has 0 aliphatic carbocycles. The van der Waals surface area contributed by atoms with Crippen molar-refractivity contribution in [1.82, 2.24) is 0 Å². The minimum atomic E-state index is -4.54. The molecule has 26 heavy (non-hydrogen) atoms. The number of hydrogen-bond donors (Lipinski definition) is 1. The molecule has 2 aromatic rings. The first-order chi connectivity index (χ1) is 12.0. The second-order valence-corrected chi connectivity index (χ2v) is 8.07. The Balaban J connectivity index is 2.34. The van der Waals surface area contributed by atoms with Crippen LogP contribution in [0.2, 0.25) is 0 Å². The van der Waals surface area contributed by atoms with Crippen LogP contribution in [0.4, 0.5) is 18.9 Å². The molecule has 0 radical (unpaired) electrons. The van der Waals surface area contributed by atoms with Crippen molar-refractivity contribution in [2.24, 2.45) is 0 Å². The number of ether oxygens (including phenoxy) is 1. The fraction of sp³-hybridized carbons (Fsp3) is 0.176. The van der Waals surface area contributed by atoms with Crippen LogP contribution in [0.5, 0.6) is 5.75 Å². The van der Waals surface area contributed by atoms with Gasteiger partial charge in [0.2, 0.25) is 10.0 Å². The third-order valence-electron chi connectivity index (χ3n) is 3.26. The Morgan fingerprint density at radius 2 is 1.73 bits per heavy atom. The number of benzene rings is 2. The first kappa shape index (κ1) is 20.3. The zero-order valence-electron chi connectivity index (χ0n) is 13.8. The van der Waals surface area contributed by atoms with Crippen molar-refractivity contribution in [3.05, 3.63) is 57.6 Å². The maximum Gasteiger partial charge on any atom is 0.420 e. The summed E-state index contributed by atoms with van der Waals surface area (Å²) in [7, 11) is -2.19. The molecular formula is C17H15BrF3NO3S. The molecule has 1 N–H and O–H groups in total. The molecule has 0 saturated carbocycles. The molecule has 0 amide bonds. The van der Waals surface area contributed by atoms with E-state index in [1.54, 1.807) is 30.3 Å². The third kappa shape index (κ3) is 5.50. The number of sulfonamides is 1. The lowest BCUT2D eigenvalue weighted by molar-refractivity contribution is -0.138. The highest BCUT2D eigenvalue weighted by Crippen LogP contribution is 2.40. The van der Waals surface area contributed by atoms with Crippen LogP contribution in [-0.2, 0) is 16.2 Å². The van der Waals surface area contributed by atoms with Gasteiger partial charge in [-0.1, -0.05) is 40.2 Å². The van der Waals surface area contributed by atoms with Gasteiger partial charge in [-0.3, -0.25) is 4.72 Å². The zero-order valence-corrected chi connectivity index (χ0v) is 16.2. The van der Waals surface area contributed by atoms with Crippen LogP contribution in [0.1, 0.15) is 16.7 Å². The quantitative estimate of drug-likeness (QED) is 0.652. The Kier molecular flexibility index (Phi) is 6.02. The maximum atomic E-state index is 13.2. The van der Waals surface area contributed by atoms with E-state index < -0.39 is 21.8 Å². The van der Waals surface area contributed by atoms with E-state index in [1.165, 1.54) is 19.3 Å². The maximum absolute atomic E-state index is 13.2. The molecule has 0 heterocycles. The van der Waals surface area contributed by atoms with Crippen LogP contribution in [0, 0.1) is 0 Å². The molecule has 0 saturated heterocycles. The number of anilines is 1. The van der Waals surface area contributed by atoms with Crippen LogP contribution in [0.3, 0.4) is 0 Å². The Hall–Kier alpha value is -2.00. The normalized spacial score (nSPS) is 12.4. The molecular weight excluding hydrogens is 435 g/mol. The van der Waals surface area contributed by atoms with Crippen LogP contribution < -0.4 is 9.46 Å². The number of nitrogens with one attached hydrogen (secondary N) is 1. The SMILES string of the molecule is COc1c(C=Cc2ccc(NS(C)(=O)=O)cc2)cc(Br)cc1C(F)(F)F. The second kappa shape index (κ2) is 7.71. The number of alkyl halides is 3. The molecule has 0 unspecified atom stereocenters. The van der Waals surface area contributed by atoms with E-state index in [9.17, 15) is 21.6 Å². The second-order valence-electron chi connectivity index (χ2n) is 5.40. The van der Waals surface area contributed by atoms with Crippen LogP contribution in [0.15, 0.2) is 40.9 Å². The van der Waals surface area contributed by atoms with Crippen LogP contribution in [-0.4, -0.2) is 21.8 Å². The van der Waals surface area contributed by atoms with Crippen LogP contribution in [0.25, 0.3) is 12.2 Å². The summed E-state index contributed by atoms with van der Waals surface area (Å²) in [6.07, 6.45) is -0.401. The smallest absolute Gasteiger partial charge is 0.420 e. The van der Waals surface area contributed by atoms with Gasteiger partial charge in [-0.25, -0.2) is 8.42 Å².